The van der Waals surface area contributed by atoms with E-state index in [0.717, 1.165) is 17.7 Å². The quantitative estimate of drug-likeness (QED) is 0.435. The lowest BCUT2D eigenvalue weighted by atomic mass is 10.1. The van der Waals surface area contributed by atoms with Crippen molar-refractivity contribution in [3.05, 3.63) is 23.3 Å². The number of nitrogens with two attached hydrogens (primary N) is 1. The van der Waals surface area contributed by atoms with Crippen molar-refractivity contribution in [3.63, 3.8) is 0 Å². The number of phenols is 1. The second kappa shape index (κ2) is 2.65. The molecule has 4 heteroatoms. The molecule has 0 atom stereocenters. The fraction of sp³-hybridized carbons (Fsp3) is 0.222. The van der Waals surface area contributed by atoms with Gasteiger partial charge in [0, 0.05) is 12.0 Å². The second-order valence-electron chi connectivity index (χ2n) is 2.99. The van der Waals surface area contributed by atoms with Gasteiger partial charge in [-0.05, 0) is 12.1 Å². The van der Waals surface area contributed by atoms with Gasteiger partial charge in [0.25, 0.3) is 0 Å². The molecule has 2 rings (SSSR count). The number of aromatic hydroxyl groups is 1. The highest BCUT2D eigenvalue weighted by atomic mass is 16.5. The molecule has 68 valence electrons. The third-order valence-corrected chi connectivity index (χ3v) is 2.10. The summed E-state index contributed by atoms with van der Waals surface area (Å²) in [7, 11) is 0. The largest absolute Gasteiger partial charge is 0.507 e. The zero-order valence-corrected chi connectivity index (χ0v) is 7.00. The Morgan fingerprint density at radius 1 is 1.54 bits per heavy atom. The van der Waals surface area contributed by atoms with Gasteiger partial charge < -0.3 is 15.6 Å². The number of nitrogen functional groups attached to an aromatic ring is 1. The van der Waals surface area contributed by atoms with Gasteiger partial charge in [-0.25, -0.2) is 0 Å². The van der Waals surface area contributed by atoms with E-state index in [9.17, 15) is 5.11 Å². The molecule has 1 aliphatic rings. The number of hydrogen-bond acceptors (Lipinski definition) is 3. The van der Waals surface area contributed by atoms with Crippen LogP contribution < -0.4 is 10.5 Å². The number of phenolic OH excluding ortho intramolecular Hbond substituents is 1. The Morgan fingerprint density at radius 3 is 3.00 bits per heavy atom. The Morgan fingerprint density at radius 2 is 2.31 bits per heavy atom. The number of benzene rings is 1. The molecule has 0 spiro atoms. The summed E-state index contributed by atoms with van der Waals surface area (Å²) in [5.74, 6) is 0.635. The lowest BCUT2D eigenvalue weighted by molar-refractivity contribution is 0.356. The average Bonchev–Trinajstić information content (AvgIpc) is 2.48. The van der Waals surface area contributed by atoms with Gasteiger partial charge in [-0.1, -0.05) is 0 Å². The van der Waals surface area contributed by atoms with Crippen LogP contribution in [0.1, 0.15) is 11.1 Å². The predicted octanol–water partition coefficient (Wildman–Crippen LogP) is 0.611. The Labute approximate surface area is 75.5 Å². The number of rotatable bonds is 1. The minimum Gasteiger partial charge on any atom is -0.507 e. The molecule has 1 aromatic carbocycles. The van der Waals surface area contributed by atoms with Crippen LogP contribution in [0, 0.1) is 5.41 Å². The lowest BCUT2D eigenvalue weighted by Crippen LogP contribution is -2.11. The molecule has 0 saturated carbocycles. The van der Waals surface area contributed by atoms with Crippen molar-refractivity contribution in [2.45, 2.75) is 6.42 Å². The molecule has 4 N–H and O–H groups in total. The van der Waals surface area contributed by atoms with Gasteiger partial charge in [-0.2, -0.15) is 0 Å². The first-order chi connectivity index (χ1) is 6.18. The fourth-order valence-electron chi connectivity index (χ4n) is 1.43. The number of hydrogen-bond donors (Lipinski definition) is 3. The van der Waals surface area contributed by atoms with Crippen LogP contribution in [0.2, 0.25) is 0 Å². The van der Waals surface area contributed by atoms with E-state index in [4.69, 9.17) is 15.9 Å². The minimum atomic E-state index is -0.143. The summed E-state index contributed by atoms with van der Waals surface area (Å²) in [5.41, 5.74) is 6.58. The van der Waals surface area contributed by atoms with Gasteiger partial charge >= 0.3 is 0 Å². The van der Waals surface area contributed by atoms with Gasteiger partial charge in [0.15, 0.2) is 0 Å². The topological polar surface area (TPSA) is 79.3 Å². The molecule has 1 aromatic rings. The molecule has 0 unspecified atom stereocenters. The lowest BCUT2D eigenvalue weighted by Gasteiger charge is -2.05. The molecule has 13 heavy (non-hydrogen) atoms. The van der Waals surface area contributed by atoms with Gasteiger partial charge in [0.05, 0.1) is 12.2 Å². The number of fused-ring (bicyclic) bond motifs is 1. The molecule has 0 fully saturated rings. The SMILES string of the molecule is N=C(N)c1cc2c(cc1O)CCO2. The monoisotopic (exact) mass is 178 g/mol. The maximum Gasteiger partial charge on any atom is 0.127 e. The molecule has 0 bridgehead atoms. The first-order valence-electron chi connectivity index (χ1n) is 4.01. The summed E-state index contributed by atoms with van der Waals surface area (Å²) in [5, 5.41) is 16.7. The Hall–Kier alpha value is -1.71. The zero-order valence-electron chi connectivity index (χ0n) is 7.00. The highest BCUT2D eigenvalue weighted by Gasteiger charge is 2.16. The molecular formula is C9H10N2O2. The van der Waals surface area contributed by atoms with Crippen LogP contribution in [0.15, 0.2) is 12.1 Å². The highest BCUT2D eigenvalue weighted by molar-refractivity contribution is 5.98. The Kier molecular flexibility index (Phi) is 1.62. The van der Waals surface area contributed by atoms with Crippen LogP contribution in [-0.4, -0.2) is 17.5 Å². The van der Waals surface area contributed by atoms with Crippen LogP contribution in [0.4, 0.5) is 0 Å². The van der Waals surface area contributed by atoms with Crippen LogP contribution in [0.3, 0.4) is 0 Å². The Bertz CT molecular complexity index is 374. The van der Waals surface area contributed by atoms with Crippen molar-refractivity contribution < 1.29 is 9.84 Å². The minimum absolute atomic E-state index is 0.0525. The van der Waals surface area contributed by atoms with Gasteiger partial charge in [-0.3, -0.25) is 5.41 Å². The van der Waals surface area contributed by atoms with Crippen molar-refractivity contribution in [1.82, 2.24) is 0 Å². The summed E-state index contributed by atoms with van der Waals surface area (Å²) < 4.78 is 5.28. The van der Waals surface area contributed by atoms with Crippen LogP contribution in [0.25, 0.3) is 0 Å². The third-order valence-electron chi connectivity index (χ3n) is 2.10. The molecule has 0 saturated heterocycles. The third kappa shape index (κ3) is 1.20. The van der Waals surface area contributed by atoms with E-state index >= 15 is 0 Å². The van der Waals surface area contributed by atoms with Crippen molar-refractivity contribution in [2.24, 2.45) is 5.73 Å². The summed E-state index contributed by atoms with van der Waals surface area (Å²) in [6.45, 7) is 0.635. The van der Waals surface area contributed by atoms with E-state index in [1.165, 1.54) is 0 Å². The van der Waals surface area contributed by atoms with E-state index in [1.54, 1.807) is 12.1 Å². The van der Waals surface area contributed by atoms with Crippen molar-refractivity contribution >= 4 is 5.84 Å². The molecule has 4 nitrogen and oxygen atoms in total. The molecule has 0 aliphatic carbocycles. The summed E-state index contributed by atoms with van der Waals surface area (Å²) in [4.78, 5) is 0. The second-order valence-corrected chi connectivity index (χ2v) is 2.99. The highest BCUT2D eigenvalue weighted by Crippen LogP contribution is 2.31. The molecule has 0 aromatic heterocycles. The molecule has 1 aliphatic heterocycles. The normalized spacial score (nSPS) is 13.5. The van der Waals surface area contributed by atoms with E-state index in [0.29, 0.717) is 12.2 Å². The van der Waals surface area contributed by atoms with Crippen LogP contribution >= 0.6 is 0 Å². The van der Waals surface area contributed by atoms with Gasteiger partial charge in [0.1, 0.15) is 17.3 Å². The fourth-order valence-corrected chi connectivity index (χ4v) is 1.43. The number of ether oxygens (including phenoxy) is 1. The summed E-state index contributed by atoms with van der Waals surface area (Å²) in [6.07, 6.45) is 0.807. The summed E-state index contributed by atoms with van der Waals surface area (Å²) >= 11 is 0. The molecule has 0 radical (unpaired) electrons. The van der Waals surface area contributed by atoms with Crippen LogP contribution in [0.5, 0.6) is 11.5 Å². The Balaban J connectivity index is 2.55. The first kappa shape index (κ1) is 7.91. The van der Waals surface area contributed by atoms with Gasteiger partial charge in [-0.15, -0.1) is 0 Å². The van der Waals surface area contributed by atoms with Gasteiger partial charge in [0.2, 0.25) is 0 Å². The first-order valence-corrected chi connectivity index (χ1v) is 4.01. The zero-order chi connectivity index (χ0) is 9.42. The maximum atomic E-state index is 9.47. The number of nitrogens with one attached hydrogen (secondary N) is 1. The summed E-state index contributed by atoms with van der Waals surface area (Å²) in [6, 6.07) is 3.22. The van der Waals surface area contributed by atoms with E-state index in [-0.39, 0.29) is 11.6 Å². The van der Waals surface area contributed by atoms with Crippen molar-refractivity contribution in [2.75, 3.05) is 6.61 Å². The number of amidine groups is 1. The smallest absolute Gasteiger partial charge is 0.127 e. The standard InChI is InChI=1S/C9H10N2O2/c10-9(11)6-4-8-5(1-2-13-8)3-7(6)12/h3-4,12H,1-2H2,(H3,10,11). The van der Waals surface area contributed by atoms with Crippen LogP contribution in [-0.2, 0) is 6.42 Å². The molecular weight excluding hydrogens is 168 g/mol. The van der Waals surface area contributed by atoms with E-state index in [2.05, 4.69) is 0 Å². The maximum absolute atomic E-state index is 9.47. The van der Waals surface area contributed by atoms with E-state index in [1.807, 2.05) is 0 Å². The van der Waals surface area contributed by atoms with Crippen molar-refractivity contribution in [1.29, 1.82) is 5.41 Å². The molecule has 0 amide bonds. The molecule has 1 heterocycles. The predicted molar refractivity (Wildman–Crippen MR) is 48.3 cm³/mol. The van der Waals surface area contributed by atoms with E-state index < -0.39 is 0 Å². The van der Waals surface area contributed by atoms with Crippen molar-refractivity contribution in [3.8, 4) is 11.5 Å². The average molecular weight is 178 g/mol.